The fourth-order valence-electron chi connectivity index (χ4n) is 4.82. The van der Waals surface area contributed by atoms with Crippen LogP contribution < -0.4 is 16.1 Å². The van der Waals surface area contributed by atoms with Crippen molar-refractivity contribution in [1.29, 1.82) is 0 Å². The Morgan fingerprint density at radius 2 is 1.67 bits per heavy atom. The summed E-state index contributed by atoms with van der Waals surface area (Å²) in [6.45, 7) is 5.53. The minimum absolute atomic E-state index is 0.0664. The van der Waals surface area contributed by atoms with Gasteiger partial charge in [-0.1, -0.05) is 30.3 Å². The van der Waals surface area contributed by atoms with Gasteiger partial charge in [0.05, 0.1) is 6.54 Å². The first kappa shape index (κ1) is 21.4. The van der Waals surface area contributed by atoms with E-state index in [4.69, 9.17) is 0 Å². The normalized spacial score (nSPS) is 16.9. The summed E-state index contributed by atoms with van der Waals surface area (Å²) in [5.41, 5.74) is 1.31. The average molecular weight is 452 g/mol. The predicted molar refractivity (Wildman–Crippen MR) is 125 cm³/mol. The highest BCUT2D eigenvalue weighted by atomic mass is 16.2. The molecule has 2 aliphatic rings. The first-order valence-corrected chi connectivity index (χ1v) is 11.4. The molecule has 2 aliphatic heterocycles. The predicted octanol–water partition coefficient (Wildman–Crippen LogP) is -0.0118. The molecular weight excluding hydrogens is 422 g/mol. The van der Waals surface area contributed by atoms with Crippen molar-refractivity contribution in [2.24, 2.45) is 14.1 Å². The van der Waals surface area contributed by atoms with Crippen LogP contribution >= 0.6 is 0 Å². The fourth-order valence-corrected chi connectivity index (χ4v) is 4.82. The van der Waals surface area contributed by atoms with E-state index in [-0.39, 0.29) is 18.0 Å². The Kier molecular flexibility index (Phi) is 5.53. The number of carbonyl (C=O) groups excluding carboxylic acids is 1. The molecule has 1 saturated heterocycles. The minimum atomic E-state index is -0.404. The van der Waals surface area contributed by atoms with Crippen LogP contribution in [-0.2, 0) is 32.0 Å². The molecule has 174 valence electrons. The fraction of sp³-hybridized carbons (Fsp3) is 0.478. The Hall–Kier alpha value is -3.40. The summed E-state index contributed by atoms with van der Waals surface area (Å²) in [5, 5.41) is 0. The van der Waals surface area contributed by atoms with E-state index in [9.17, 15) is 14.4 Å². The number of piperazine rings is 1. The van der Waals surface area contributed by atoms with Crippen molar-refractivity contribution in [3.63, 3.8) is 0 Å². The smallest absolute Gasteiger partial charge is 0.332 e. The van der Waals surface area contributed by atoms with Gasteiger partial charge >= 0.3 is 5.69 Å². The van der Waals surface area contributed by atoms with Gasteiger partial charge in [-0.2, -0.15) is 4.98 Å². The van der Waals surface area contributed by atoms with Crippen LogP contribution in [0.3, 0.4) is 0 Å². The van der Waals surface area contributed by atoms with Gasteiger partial charge in [-0.05, 0) is 12.0 Å². The lowest BCUT2D eigenvalue weighted by Gasteiger charge is -2.36. The zero-order valence-corrected chi connectivity index (χ0v) is 19.1. The van der Waals surface area contributed by atoms with E-state index in [1.807, 2.05) is 20.4 Å². The van der Waals surface area contributed by atoms with Crippen molar-refractivity contribution in [2.45, 2.75) is 19.5 Å². The van der Waals surface area contributed by atoms with E-state index in [1.165, 1.54) is 17.2 Å². The number of amides is 1. The number of anilines is 1. The summed E-state index contributed by atoms with van der Waals surface area (Å²) in [5.74, 6) is 0.655. The SMILES string of the molecule is Cn1c(=O)c2c(nc3n2CCCN3CC(=O)N2CCN(Cc3ccccc3)CC2)n(C)c1=O. The molecule has 10 heteroatoms. The summed E-state index contributed by atoms with van der Waals surface area (Å²) in [6, 6.07) is 10.4. The Morgan fingerprint density at radius 1 is 0.939 bits per heavy atom. The van der Waals surface area contributed by atoms with Crippen molar-refractivity contribution >= 4 is 23.0 Å². The Labute approximate surface area is 191 Å². The first-order valence-electron chi connectivity index (χ1n) is 11.4. The highest BCUT2D eigenvalue weighted by Crippen LogP contribution is 2.24. The van der Waals surface area contributed by atoms with Crippen molar-refractivity contribution in [3.05, 3.63) is 56.7 Å². The first-order chi connectivity index (χ1) is 15.9. The zero-order chi connectivity index (χ0) is 23.1. The second-order valence-corrected chi connectivity index (χ2v) is 8.86. The molecule has 3 aromatic rings. The quantitative estimate of drug-likeness (QED) is 0.554. The number of hydrogen-bond acceptors (Lipinski definition) is 6. The number of aromatic nitrogens is 4. The van der Waals surface area contributed by atoms with Crippen LogP contribution in [0.25, 0.3) is 11.2 Å². The van der Waals surface area contributed by atoms with Gasteiger partial charge in [-0.25, -0.2) is 4.79 Å². The number of fused-ring (bicyclic) bond motifs is 3. The third-order valence-corrected chi connectivity index (χ3v) is 6.72. The van der Waals surface area contributed by atoms with Crippen molar-refractivity contribution in [2.75, 3.05) is 44.2 Å². The van der Waals surface area contributed by atoms with Gasteiger partial charge in [0.2, 0.25) is 11.9 Å². The average Bonchev–Trinajstić information content (AvgIpc) is 3.23. The Bertz CT molecular complexity index is 1300. The maximum Gasteiger partial charge on any atom is 0.332 e. The van der Waals surface area contributed by atoms with E-state index in [0.29, 0.717) is 43.3 Å². The summed E-state index contributed by atoms with van der Waals surface area (Å²) < 4.78 is 4.36. The summed E-state index contributed by atoms with van der Waals surface area (Å²) in [4.78, 5) is 49.0. The minimum Gasteiger partial charge on any atom is -0.339 e. The van der Waals surface area contributed by atoms with Gasteiger partial charge in [-0.15, -0.1) is 0 Å². The molecule has 0 aliphatic carbocycles. The van der Waals surface area contributed by atoms with Gasteiger partial charge in [0, 0.05) is 59.9 Å². The van der Waals surface area contributed by atoms with Crippen LogP contribution in [0.5, 0.6) is 0 Å². The van der Waals surface area contributed by atoms with E-state index in [2.05, 4.69) is 34.1 Å². The molecule has 2 aromatic heterocycles. The van der Waals surface area contributed by atoms with Crippen molar-refractivity contribution in [1.82, 2.24) is 28.5 Å². The molecule has 0 atom stereocenters. The number of rotatable bonds is 4. The van der Waals surface area contributed by atoms with Gasteiger partial charge in [0.15, 0.2) is 11.2 Å². The third kappa shape index (κ3) is 3.84. The number of aryl methyl sites for hydroxylation is 2. The summed E-state index contributed by atoms with van der Waals surface area (Å²) in [6.07, 6.45) is 0.808. The molecule has 0 unspecified atom stereocenters. The molecule has 0 bridgehead atoms. The lowest BCUT2D eigenvalue weighted by atomic mass is 10.2. The lowest BCUT2D eigenvalue weighted by Crippen LogP contribution is -2.51. The van der Waals surface area contributed by atoms with Crippen LogP contribution in [0.15, 0.2) is 39.9 Å². The van der Waals surface area contributed by atoms with E-state index >= 15 is 0 Å². The molecule has 4 heterocycles. The number of carbonyl (C=O) groups is 1. The summed E-state index contributed by atoms with van der Waals surface area (Å²) in [7, 11) is 3.10. The maximum atomic E-state index is 13.1. The Morgan fingerprint density at radius 3 is 2.39 bits per heavy atom. The number of nitrogens with zero attached hydrogens (tertiary/aromatic N) is 7. The van der Waals surface area contributed by atoms with Gasteiger partial charge < -0.3 is 14.4 Å². The monoisotopic (exact) mass is 451 g/mol. The van der Waals surface area contributed by atoms with Crippen LogP contribution in [0, 0.1) is 0 Å². The highest BCUT2D eigenvalue weighted by Gasteiger charge is 2.29. The van der Waals surface area contributed by atoms with Crippen molar-refractivity contribution in [3.8, 4) is 0 Å². The third-order valence-electron chi connectivity index (χ3n) is 6.72. The molecule has 1 aromatic carbocycles. The van der Waals surface area contributed by atoms with E-state index in [1.54, 1.807) is 7.05 Å². The molecule has 1 fully saturated rings. The molecule has 5 rings (SSSR count). The van der Waals surface area contributed by atoms with Gasteiger partial charge in [0.25, 0.3) is 5.56 Å². The van der Waals surface area contributed by atoms with Gasteiger partial charge in [0.1, 0.15) is 0 Å². The highest BCUT2D eigenvalue weighted by molar-refractivity contribution is 5.82. The zero-order valence-electron chi connectivity index (χ0n) is 19.1. The van der Waals surface area contributed by atoms with Crippen LogP contribution in [0.4, 0.5) is 5.95 Å². The molecule has 0 N–H and O–H groups in total. The molecule has 0 spiro atoms. The lowest BCUT2D eigenvalue weighted by molar-refractivity contribution is -0.131. The number of hydrogen-bond donors (Lipinski definition) is 0. The standard InChI is InChI=1S/C23H29N7O3/c1-25-20-19(21(32)26(2)23(25)33)30-10-6-9-29(22(30)24-20)16-18(31)28-13-11-27(12-14-28)15-17-7-4-3-5-8-17/h3-5,7-8H,6,9-16H2,1-2H3. The second-order valence-electron chi connectivity index (χ2n) is 8.86. The summed E-state index contributed by atoms with van der Waals surface area (Å²) >= 11 is 0. The second kappa shape index (κ2) is 8.51. The Balaban J connectivity index is 1.30. The maximum absolute atomic E-state index is 13.1. The van der Waals surface area contributed by atoms with Crippen molar-refractivity contribution < 1.29 is 4.79 Å². The van der Waals surface area contributed by atoms with E-state index in [0.717, 1.165) is 30.6 Å². The largest absolute Gasteiger partial charge is 0.339 e. The molecule has 10 nitrogen and oxygen atoms in total. The number of imidazole rings is 1. The van der Waals surface area contributed by atoms with E-state index < -0.39 is 5.69 Å². The number of benzene rings is 1. The van der Waals surface area contributed by atoms with Gasteiger partial charge in [-0.3, -0.25) is 23.6 Å². The van der Waals surface area contributed by atoms with Crippen LogP contribution in [-0.4, -0.2) is 73.7 Å². The van der Waals surface area contributed by atoms with Crippen LogP contribution in [0.2, 0.25) is 0 Å². The molecule has 0 radical (unpaired) electrons. The molecular formula is C23H29N7O3. The van der Waals surface area contributed by atoms with Crippen LogP contribution in [0.1, 0.15) is 12.0 Å². The topological polar surface area (TPSA) is 88.6 Å². The molecule has 33 heavy (non-hydrogen) atoms. The molecule has 1 amide bonds. The molecule has 0 saturated carbocycles.